The molecule has 22 nitrogen and oxygen atoms in total. The lowest BCUT2D eigenvalue weighted by molar-refractivity contribution is -0.137. The Hall–Kier alpha value is -2.15. The average Bonchev–Trinajstić information content (AvgIpc) is 3.44. The molecule has 3 unspecified atom stereocenters. The molecular formula is C54H105IN8O14S2. The van der Waals surface area contributed by atoms with Crippen molar-refractivity contribution in [2.75, 3.05) is 150 Å². The lowest BCUT2D eigenvalue weighted by atomic mass is 10.0. The van der Waals surface area contributed by atoms with Crippen LogP contribution in [0.2, 0.25) is 0 Å². The summed E-state index contributed by atoms with van der Waals surface area (Å²) in [4.78, 5) is 59.2. The summed E-state index contributed by atoms with van der Waals surface area (Å²) in [5.41, 5.74) is 0. The van der Waals surface area contributed by atoms with Gasteiger partial charge >= 0.3 is 5.97 Å². The normalized spacial score (nSPS) is 12.4. The first-order chi connectivity index (χ1) is 38.6. The quantitative estimate of drug-likeness (QED) is 0.00669. The van der Waals surface area contributed by atoms with E-state index in [1.807, 2.05) is 0 Å². The maximum Gasteiger partial charge on any atom is 0.303 e. The molecule has 0 aliphatic rings. The van der Waals surface area contributed by atoms with E-state index in [0.29, 0.717) is 169 Å². The highest BCUT2D eigenvalue weighted by Crippen LogP contribution is 2.23. The van der Waals surface area contributed by atoms with Crippen molar-refractivity contribution in [3.05, 3.63) is 0 Å². The summed E-state index contributed by atoms with van der Waals surface area (Å²) in [5.74, 6) is 0.970. The first-order valence-electron chi connectivity index (χ1n) is 29.1. The summed E-state index contributed by atoms with van der Waals surface area (Å²) >= 11 is 2.14. The van der Waals surface area contributed by atoms with Crippen LogP contribution in [0.4, 0.5) is 0 Å². The molecule has 0 bridgehead atoms. The first kappa shape index (κ1) is 76.9. The van der Waals surface area contributed by atoms with Crippen molar-refractivity contribution < 1.29 is 67.0 Å². The van der Waals surface area contributed by atoms with Crippen LogP contribution in [-0.4, -0.2) is 210 Å². The number of hydrogen-bond acceptors (Lipinski definition) is 18. The van der Waals surface area contributed by atoms with E-state index in [1.54, 1.807) is 28.6 Å². The number of rotatable bonds is 63. The number of carbonyl (C=O) groups is 5. The lowest BCUT2D eigenvalue weighted by Gasteiger charge is -2.22. The molecule has 0 saturated carbocycles. The molecule has 9 N–H and O–H groups in total. The number of unbranched alkanes of at least 4 members (excludes halogenated alkanes) is 13. The minimum absolute atomic E-state index is 0.0543. The summed E-state index contributed by atoms with van der Waals surface area (Å²) in [6.45, 7) is 10.7. The average molecular weight is 1280 g/mol. The smallest absolute Gasteiger partial charge is 0.303 e. The van der Waals surface area contributed by atoms with Crippen molar-refractivity contribution in [1.82, 2.24) is 35.4 Å². The van der Waals surface area contributed by atoms with E-state index in [4.69, 9.17) is 48.4 Å². The van der Waals surface area contributed by atoms with Gasteiger partial charge in [0.1, 0.15) is 6.29 Å². The molecule has 3 atom stereocenters. The molecule has 0 fully saturated rings. The van der Waals surface area contributed by atoms with Gasteiger partial charge in [0.15, 0.2) is 5.96 Å². The monoisotopic (exact) mass is 1280 g/mol. The van der Waals surface area contributed by atoms with Gasteiger partial charge in [-0.2, -0.15) is 0 Å². The molecule has 0 aromatic heterocycles. The fourth-order valence-electron chi connectivity index (χ4n) is 7.32. The maximum absolute atomic E-state index is 12.7. The van der Waals surface area contributed by atoms with Crippen LogP contribution in [0.5, 0.6) is 0 Å². The standard InChI is InChI=1S/C54H105IN8O14S2/c1-47(63-55)45-78-79-46-49(44-64)61-43-48(19-17-25-60-54(56)57-2)62-52(67)23-27-70-29-31-72-33-35-74-37-39-76-41-42-77-40-38-75-36-34-73-32-30-71-28-26-59-51(66)21-18-24-58-50(65)20-15-13-11-9-7-5-3-4-6-8-10-12-14-16-22-53(68)69/h44,47-49,61,63H,3-43,45-46H2,1-2H3,(H,58,65)(H,59,66)(H,62,67)(H,68,69)(H3,56,57,60). The van der Waals surface area contributed by atoms with E-state index in [0.717, 1.165) is 50.6 Å². The number of nitrogens with one attached hydrogen (secondary N) is 8. The number of ether oxygens (including phenoxy) is 8. The number of guanidine groups is 1. The molecule has 3 amide bonds. The zero-order chi connectivity index (χ0) is 57.8. The first-order valence-corrected chi connectivity index (χ1v) is 32.6. The van der Waals surface area contributed by atoms with E-state index >= 15 is 0 Å². The van der Waals surface area contributed by atoms with Crippen molar-refractivity contribution in [2.45, 2.75) is 160 Å². The minimum Gasteiger partial charge on any atom is -0.481 e. The number of carboxylic acids is 1. The summed E-state index contributed by atoms with van der Waals surface area (Å²) in [5, 5.41) is 34.2. The van der Waals surface area contributed by atoms with Gasteiger partial charge in [-0.1, -0.05) is 98.6 Å². The van der Waals surface area contributed by atoms with Crippen LogP contribution in [0.15, 0.2) is 0 Å². The Balaban J connectivity index is 3.55. The van der Waals surface area contributed by atoms with Gasteiger partial charge in [0, 0.05) is 105 Å². The second kappa shape index (κ2) is 61.9. The summed E-state index contributed by atoms with van der Waals surface area (Å²) < 4.78 is 47.5. The second-order valence-corrected chi connectivity index (χ2v) is 22.2. The van der Waals surface area contributed by atoms with Gasteiger partial charge in [-0.15, -0.1) is 0 Å². The highest BCUT2D eigenvalue weighted by molar-refractivity contribution is 14.1. The summed E-state index contributed by atoms with van der Waals surface area (Å²) in [6, 6.07) is -0.125. The van der Waals surface area contributed by atoms with E-state index in [2.05, 4.69) is 65.2 Å². The van der Waals surface area contributed by atoms with Crippen LogP contribution < -0.4 is 35.4 Å². The predicted molar refractivity (Wildman–Crippen MR) is 323 cm³/mol. The van der Waals surface area contributed by atoms with Crippen molar-refractivity contribution in [2.24, 2.45) is 0 Å². The van der Waals surface area contributed by atoms with Crippen molar-refractivity contribution in [3.63, 3.8) is 0 Å². The van der Waals surface area contributed by atoms with E-state index < -0.39 is 5.97 Å². The third-order valence-corrected chi connectivity index (χ3v) is 15.5. The molecule has 25 heteroatoms. The Morgan fingerprint density at radius 2 is 0.911 bits per heavy atom. The van der Waals surface area contributed by atoms with Crippen LogP contribution in [0.3, 0.4) is 0 Å². The molecule has 0 saturated heterocycles. The van der Waals surface area contributed by atoms with Crippen molar-refractivity contribution >= 4 is 80.4 Å². The number of carbonyl (C=O) groups excluding carboxylic acids is 4. The number of hydrogen-bond donors (Lipinski definition) is 9. The Bertz CT molecular complexity index is 1450. The summed E-state index contributed by atoms with van der Waals surface area (Å²) in [6.07, 6.45) is 20.5. The minimum atomic E-state index is -0.694. The highest BCUT2D eigenvalue weighted by Gasteiger charge is 2.16. The molecule has 464 valence electrons. The Kier molecular flexibility index (Phi) is 60.2. The third kappa shape index (κ3) is 60.3. The van der Waals surface area contributed by atoms with Crippen molar-refractivity contribution in [1.29, 1.82) is 5.41 Å². The zero-order valence-corrected chi connectivity index (χ0v) is 52.0. The molecule has 0 aliphatic carbocycles. The molecule has 0 radical (unpaired) electrons. The van der Waals surface area contributed by atoms with Gasteiger partial charge in [-0.05, 0) is 39.0 Å². The molecule has 0 aliphatic heterocycles. The highest BCUT2D eigenvalue weighted by atomic mass is 127. The molecule has 79 heavy (non-hydrogen) atoms. The maximum atomic E-state index is 12.7. The predicted octanol–water partition coefficient (Wildman–Crippen LogP) is 5.72. The van der Waals surface area contributed by atoms with E-state index in [9.17, 15) is 24.0 Å². The Labute approximate surface area is 495 Å². The third-order valence-electron chi connectivity index (χ3n) is 11.9. The number of carboxylic acid groups (broad SMARTS) is 1. The summed E-state index contributed by atoms with van der Waals surface area (Å²) in [7, 11) is 5.05. The van der Waals surface area contributed by atoms with Gasteiger partial charge in [0.05, 0.1) is 112 Å². The molecule has 0 aromatic rings. The van der Waals surface area contributed by atoms with E-state index in [-0.39, 0.29) is 48.8 Å². The topological polar surface area (TPSA) is 287 Å². The van der Waals surface area contributed by atoms with Gasteiger partial charge in [-0.25, -0.2) is 0 Å². The molecule has 0 aromatic carbocycles. The van der Waals surface area contributed by atoms with Crippen molar-refractivity contribution in [3.8, 4) is 0 Å². The van der Waals surface area contributed by atoms with Gasteiger partial charge in [-0.3, -0.25) is 28.1 Å². The van der Waals surface area contributed by atoms with Gasteiger partial charge in [0.25, 0.3) is 0 Å². The molecular weight excluding hydrogens is 1180 g/mol. The molecule has 0 heterocycles. The van der Waals surface area contributed by atoms with Crippen LogP contribution in [0.1, 0.15) is 142 Å². The fraction of sp³-hybridized carbons (Fsp3) is 0.889. The Morgan fingerprint density at radius 3 is 1.37 bits per heavy atom. The van der Waals surface area contributed by atoms with Gasteiger partial charge in [0.2, 0.25) is 17.7 Å². The van der Waals surface area contributed by atoms with Crippen LogP contribution >= 0.6 is 44.5 Å². The van der Waals surface area contributed by atoms with Crippen LogP contribution in [0.25, 0.3) is 0 Å². The largest absolute Gasteiger partial charge is 0.481 e. The Morgan fingerprint density at radius 1 is 0.506 bits per heavy atom. The zero-order valence-electron chi connectivity index (χ0n) is 48.2. The number of amides is 3. The number of halogens is 1. The lowest BCUT2D eigenvalue weighted by Crippen LogP contribution is -2.46. The van der Waals surface area contributed by atoms with E-state index in [1.165, 1.54) is 57.8 Å². The molecule has 0 rings (SSSR count). The second-order valence-electron chi connectivity index (χ2n) is 19.0. The fourth-order valence-corrected chi connectivity index (χ4v) is 10.3. The van der Waals surface area contributed by atoms with Crippen LogP contribution in [0, 0.1) is 5.41 Å². The number of aldehydes is 1. The van der Waals surface area contributed by atoms with Gasteiger partial charge < -0.3 is 79.7 Å². The SMILES string of the molecule is CNC(=N)NCCCC(CNC(C=O)CSSCC(C)NI)NC(=O)CCOCCOCCOCCOCCOCCOCCOCCOCCNC(=O)CCCNC(=O)CCCCCCCCCCCCCCCCC(=O)O. The number of aliphatic carboxylic acids is 1. The molecule has 0 spiro atoms. The van der Waals surface area contributed by atoms with Crippen LogP contribution in [-0.2, 0) is 61.9 Å².